The van der Waals surface area contributed by atoms with Crippen molar-refractivity contribution in [3.05, 3.63) is 41.5 Å². The standard InChI is InChI=1S/C33H54O6Si3/c1-31(2,3)40(10,11)37-23-19-24(34)30-25(35)21-27(36-29(30)20-23)22-16-17-26(38-41(12,13)32(4,5)6)28(18-22)39-42(14,15)33(7,8)9/h16-20,27,34H,21H2,1-15H3. The van der Waals surface area contributed by atoms with E-state index in [-0.39, 0.29) is 38.6 Å². The lowest BCUT2D eigenvalue weighted by atomic mass is 9.95. The second-order valence-corrected chi connectivity index (χ2v) is 30.5. The Balaban J connectivity index is 2.05. The van der Waals surface area contributed by atoms with Gasteiger partial charge >= 0.3 is 0 Å². The number of ether oxygens (including phenoxy) is 1. The van der Waals surface area contributed by atoms with Crippen LogP contribution in [0.15, 0.2) is 30.3 Å². The van der Waals surface area contributed by atoms with Gasteiger partial charge < -0.3 is 23.1 Å². The molecular formula is C33H54O6Si3. The minimum absolute atomic E-state index is 0.00837. The molecule has 0 aliphatic carbocycles. The van der Waals surface area contributed by atoms with Crippen LogP contribution in [0.3, 0.4) is 0 Å². The van der Waals surface area contributed by atoms with Gasteiger partial charge in [0.25, 0.3) is 16.6 Å². The number of rotatable bonds is 7. The number of carbonyl (C=O) groups excluding carboxylic acids is 1. The smallest absolute Gasteiger partial charge is 0.250 e. The molecule has 0 radical (unpaired) electrons. The van der Waals surface area contributed by atoms with Gasteiger partial charge in [-0.2, -0.15) is 0 Å². The van der Waals surface area contributed by atoms with E-state index in [1.807, 2.05) is 18.2 Å². The number of aromatic hydroxyl groups is 1. The molecule has 234 valence electrons. The summed E-state index contributed by atoms with van der Waals surface area (Å²) in [6.45, 7) is 33.0. The first-order valence-corrected chi connectivity index (χ1v) is 23.8. The molecule has 1 heterocycles. The van der Waals surface area contributed by atoms with Crippen LogP contribution in [0.2, 0.25) is 54.4 Å². The van der Waals surface area contributed by atoms with Crippen LogP contribution in [0.25, 0.3) is 0 Å². The van der Waals surface area contributed by atoms with Gasteiger partial charge in [0.15, 0.2) is 5.78 Å². The zero-order valence-electron chi connectivity index (χ0n) is 28.7. The number of fused-ring (bicyclic) bond motifs is 1. The molecule has 0 bridgehead atoms. The van der Waals surface area contributed by atoms with Crippen LogP contribution in [0.4, 0.5) is 0 Å². The normalized spacial score (nSPS) is 16.9. The molecule has 0 aromatic heterocycles. The number of phenolic OH excluding ortho intramolecular Hbond substituents is 1. The van der Waals surface area contributed by atoms with Crippen molar-refractivity contribution in [1.29, 1.82) is 0 Å². The molecule has 2 aromatic rings. The van der Waals surface area contributed by atoms with Crippen molar-refractivity contribution in [3.63, 3.8) is 0 Å². The fourth-order valence-electron chi connectivity index (χ4n) is 3.85. The Morgan fingerprint density at radius 1 is 0.714 bits per heavy atom. The van der Waals surface area contributed by atoms with Crippen molar-refractivity contribution < 1.29 is 27.9 Å². The number of carbonyl (C=O) groups is 1. The Labute approximate surface area is 257 Å². The average molecular weight is 631 g/mol. The molecule has 1 aliphatic heterocycles. The van der Waals surface area contributed by atoms with E-state index in [0.29, 0.717) is 17.2 Å². The Morgan fingerprint density at radius 3 is 1.69 bits per heavy atom. The molecule has 9 heteroatoms. The van der Waals surface area contributed by atoms with E-state index in [0.717, 1.165) is 11.3 Å². The van der Waals surface area contributed by atoms with E-state index in [4.69, 9.17) is 18.0 Å². The molecule has 2 aromatic carbocycles. The molecule has 0 saturated heterocycles. The topological polar surface area (TPSA) is 74.2 Å². The maximum absolute atomic E-state index is 13.3. The Hall–Kier alpha value is -2.24. The quantitative estimate of drug-likeness (QED) is 0.307. The SMILES string of the molecule is CC(C)(C)[Si](C)(C)Oc1cc(O)c2c(c1)OC(c1ccc(O[Si](C)(C)C(C)(C)C)c(O[Si](C)(C)C(C)(C)C)c1)CC2=O. The Bertz CT molecular complexity index is 1330. The Morgan fingerprint density at radius 2 is 1.19 bits per heavy atom. The van der Waals surface area contributed by atoms with Gasteiger partial charge in [-0.05, 0) is 72.1 Å². The molecule has 1 atom stereocenters. The highest BCUT2D eigenvalue weighted by Gasteiger charge is 2.43. The first-order valence-electron chi connectivity index (χ1n) is 15.0. The third kappa shape index (κ3) is 7.10. The van der Waals surface area contributed by atoms with Gasteiger partial charge in [0, 0.05) is 12.1 Å². The zero-order chi connectivity index (χ0) is 32.3. The fourth-order valence-corrected chi connectivity index (χ4v) is 6.91. The van der Waals surface area contributed by atoms with Gasteiger partial charge in [0.1, 0.15) is 40.4 Å². The molecule has 3 rings (SSSR count). The summed E-state index contributed by atoms with van der Waals surface area (Å²) in [5.74, 6) is 2.03. The summed E-state index contributed by atoms with van der Waals surface area (Å²) in [6, 6.07) is 9.22. The zero-order valence-corrected chi connectivity index (χ0v) is 31.7. The summed E-state index contributed by atoms with van der Waals surface area (Å²) in [7, 11) is -6.53. The highest BCUT2D eigenvalue weighted by Crippen LogP contribution is 2.47. The van der Waals surface area contributed by atoms with Crippen molar-refractivity contribution >= 4 is 30.7 Å². The van der Waals surface area contributed by atoms with Crippen molar-refractivity contribution in [2.75, 3.05) is 0 Å². The molecule has 0 amide bonds. The number of hydrogen-bond donors (Lipinski definition) is 1. The molecule has 6 nitrogen and oxygen atoms in total. The lowest BCUT2D eigenvalue weighted by molar-refractivity contribution is 0.0844. The maximum Gasteiger partial charge on any atom is 0.250 e. The van der Waals surface area contributed by atoms with Crippen LogP contribution in [0.1, 0.15) is 90.8 Å². The van der Waals surface area contributed by atoms with Crippen LogP contribution < -0.4 is 18.0 Å². The van der Waals surface area contributed by atoms with Gasteiger partial charge in [-0.3, -0.25) is 4.79 Å². The van der Waals surface area contributed by atoms with Gasteiger partial charge in [-0.15, -0.1) is 0 Å². The third-order valence-electron chi connectivity index (χ3n) is 9.84. The van der Waals surface area contributed by atoms with Crippen molar-refractivity contribution in [3.8, 4) is 28.7 Å². The first kappa shape index (κ1) is 34.3. The van der Waals surface area contributed by atoms with E-state index in [1.54, 1.807) is 12.1 Å². The number of phenols is 1. The van der Waals surface area contributed by atoms with Gasteiger partial charge in [-0.25, -0.2) is 0 Å². The van der Waals surface area contributed by atoms with E-state index >= 15 is 0 Å². The highest BCUT2D eigenvalue weighted by molar-refractivity contribution is 6.75. The van der Waals surface area contributed by atoms with Crippen LogP contribution in [0, 0.1) is 0 Å². The molecule has 0 saturated carbocycles. The molecule has 0 fully saturated rings. The predicted molar refractivity (Wildman–Crippen MR) is 180 cm³/mol. The summed E-state index contributed by atoms with van der Waals surface area (Å²) in [4.78, 5) is 13.3. The largest absolute Gasteiger partial charge is 0.543 e. The van der Waals surface area contributed by atoms with Gasteiger partial charge in [-0.1, -0.05) is 68.4 Å². The van der Waals surface area contributed by atoms with E-state index in [1.165, 1.54) is 0 Å². The van der Waals surface area contributed by atoms with Crippen LogP contribution in [-0.2, 0) is 0 Å². The lowest BCUT2D eigenvalue weighted by Crippen LogP contribution is -2.45. The minimum Gasteiger partial charge on any atom is -0.543 e. The molecule has 42 heavy (non-hydrogen) atoms. The van der Waals surface area contributed by atoms with E-state index in [2.05, 4.69) is 102 Å². The average Bonchev–Trinajstić information content (AvgIpc) is 2.76. The molecule has 0 spiro atoms. The van der Waals surface area contributed by atoms with Crippen LogP contribution >= 0.6 is 0 Å². The minimum atomic E-state index is -2.21. The second-order valence-electron chi connectivity index (χ2n) is 16.3. The van der Waals surface area contributed by atoms with Crippen molar-refractivity contribution in [1.82, 2.24) is 0 Å². The Kier molecular flexibility index (Phi) is 9.00. The summed E-state index contributed by atoms with van der Waals surface area (Å²) < 4.78 is 26.5. The van der Waals surface area contributed by atoms with Gasteiger partial charge in [0.05, 0.1) is 6.42 Å². The third-order valence-corrected chi connectivity index (χ3v) is 22.9. The molecule has 1 unspecified atom stereocenters. The first-order chi connectivity index (χ1) is 18.8. The van der Waals surface area contributed by atoms with Crippen molar-refractivity contribution in [2.24, 2.45) is 0 Å². The summed E-state index contributed by atoms with van der Waals surface area (Å²) >= 11 is 0. The lowest BCUT2D eigenvalue weighted by Gasteiger charge is -2.40. The molecule has 1 N–H and O–H groups in total. The number of Topliss-reactive ketones (excluding diaryl/α,β-unsaturated/α-hetero) is 1. The summed E-state index contributed by atoms with van der Waals surface area (Å²) in [5.41, 5.74) is 1.05. The fraction of sp³-hybridized carbons (Fsp3) is 0.606. The van der Waals surface area contributed by atoms with Crippen molar-refractivity contribution in [2.45, 2.75) is 129 Å². The van der Waals surface area contributed by atoms with Gasteiger partial charge in [0.2, 0.25) is 8.32 Å². The second kappa shape index (κ2) is 11.0. The van der Waals surface area contributed by atoms with Crippen LogP contribution in [0.5, 0.6) is 28.7 Å². The number of benzene rings is 2. The monoisotopic (exact) mass is 630 g/mol. The van der Waals surface area contributed by atoms with Crippen LogP contribution in [-0.4, -0.2) is 35.8 Å². The predicted octanol–water partition coefficient (Wildman–Crippen LogP) is 10.3. The molecular weight excluding hydrogens is 577 g/mol. The molecule has 1 aliphatic rings. The maximum atomic E-state index is 13.3. The highest BCUT2D eigenvalue weighted by atomic mass is 28.4. The van der Waals surface area contributed by atoms with E-state index in [9.17, 15) is 9.90 Å². The number of ketones is 1. The number of hydrogen-bond acceptors (Lipinski definition) is 6. The summed E-state index contributed by atoms with van der Waals surface area (Å²) in [5, 5.41) is 10.8. The summed E-state index contributed by atoms with van der Waals surface area (Å²) in [6.07, 6.45) is -0.415. The van der Waals surface area contributed by atoms with E-state index < -0.39 is 31.1 Å².